The average Bonchev–Trinajstić information content (AvgIpc) is 3.40. The smallest absolute Gasteiger partial charge is 0.410 e. The van der Waals surface area contributed by atoms with E-state index in [1.165, 1.54) is 0 Å². The first-order valence-corrected chi connectivity index (χ1v) is 10.5. The number of nitrogens with zero attached hydrogens (tertiary/aromatic N) is 3. The second-order valence-electron chi connectivity index (χ2n) is 8.04. The summed E-state index contributed by atoms with van der Waals surface area (Å²) >= 11 is 0. The van der Waals surface area contributed by atoms with Crippen molar-refractivity contribution in [3.8, 4) is 11.3 Å². The number of hydrogen-bond acceptors (Lipinski definition) is 3. The molecule has 0 aliphatic carbocycles. The van der Waals surface area contributed by atoms with Crippen molar-refractivity contribution in [1.82, 2.24) is 14.4 Å². The fourth-order valence-electron chi connectivity index (χ4n) is 4.75. The summed E-state index contributed by atoms with van der Waals surface area (Å²) in [5, 5.41) is 2.06. The summed E-state index contributed by atoms with van der Waals surface area (Å²) in [5.74, 6) is 0.0621. The molecule has 2 amide bonds. The molecule has 6 nitrogen and oxygen atoms in total. The summed E-state index contributed by atoms with van der Waals surface area (Å²) in [6, 6.07) is 16.4. The van der Waals surface area contributed by atoms with Gasteiger partial charge in [-0.2, -0.15) is 0 Å². The van der Waals surface area contributed by atoms with Gasteiger partial charge in [-0.05, 0) is 41.8 Å². The largest absolute Gasteiger partial charge is 0.448 e. The predicted molar refractivity (Wildman–Crippen MR) is 115 cm³/mol. The number of carbonyl (C=O) groups excluding carboxylic acids is 2. The molecule has 1 aromatic heterocycles. The molecule has 2 aliphatic rings. The molecule has 2 aliphatic heterocycles. The molecule has 0 N–H and O–H groups in total. The average molecular weight is 403 g/mol. The van der Waals surface area contributed by atoms with Gasteiger partial charge in [0.1, 0.15) is 6.61 Å². The van der Waals surface area contributed by atoms with Gasteiger partial charge in [0.2, 0.25) is 0 Å². The maximum Gasteiger partial charge on any atom is 0.410 e. The molecule has 6 heteroatoms. The molecule has 3 aromatic rings. The Bertz CT molecular complexity index is 1110. The highest BCUT2D eigenvalue weighted by Crippen LogP contribution is 2.31. The number of rotatable bonds is 3. The van der Waals surface area contributed by atoms with Crippen LogP contribution in [0.25, 0.3) is 22.0 Å². The van der Waals surface area contributed by atoms with E-state index in [1.54, 1.807) is 0 Å². The van der Waals surface area contributed by atoms with Crippen LogP contribution < -0.4 is 0 Å². The first-order valence-electron chi connectivity index (χ1n) is 10.5. The summed E-state index contributed by atoms with van der Waals surface area (Å²) < 4.78 is 7.16. The third-order valence-corrected chi connectivity index (χ3v) is 6.36. The van der Waals surface area contributed by atoms with E-state index in [0.717, 1.165) is 40.4 Å². The molecule has 154 valence electrons. The second kappa shape index (κ2) is 7.52. The molecule has 2 saturated heterocycles. The highest BCUT2D eigenvalue weighted by atomic mass is 16.6. The van der Waals surface area contributed by atoms with Gasteiger partial charge in [-0.25, -0.2) is 4.79 Å². The number of benzene rings is 2. The highest BCUT2D eigenvalue weighted by Gasteiger charge is 2.33. The number of aryl methyl sites for hydroxylation is 1. The Morgan fingerprint density at radius 2 is 1.73 bits per heavy atom. The summed E-state index contributed by atoms with van der Waals surface area (Å²) in [7, 11) is 2.03. The molecular weight excluding hydrogens is 378 g/mol. The predicted octanol–water partition coefficient (Wildman–Crippen LogP) is 3.90. The Morgan fingerprint density at radius 3 is 2.43 bits per heavy atom. The molecule has 3 heterocycles. The normalized spacial score (nSPS) is 17.6. The maximum absolute atomic E-state index is 13.4. The Kier molecular flexibility index (Phi) is 4.69. The van der Waals surface area contributed by atoms with Crippen LogP contribution in [-0.2, 0) is 11.8 Å². The number of amides is 2. The van der Waals surface area contributed by atoms with Gasteiger partial charge in [0.05, 0.1) is 6.54 Å². The Labute approximate surface area is 175 Å². The Hall–Kier alpha value is -3.28. The van der Waals surface area contributed by atoms with Crippen LogP contribution in [0, 0.1) is 0 Å². The molecule has 5 rings (SSSR count). The fraction of sp³-hybridized carbons (Fsp3) is 0.333. The van der Waals surface area contributed by atoms with Crippen molar-refractivity contribution in [2.24, 2.45) is 7.05 Å². The van der Waals surface area contributed by atoms with Gasteiger partial charge in [-0.3, -0.25) is 4.79 Å². The number of carbonyl (C=O) groups is 2. The topological polar surface area (TPSA) is 54.8 Å². The number of piperidine rings is 1. The lowest BCUT2D eigenvalue weighted by molar-refractivity contribution is 0.0660. The second-order valence-corrected chi connectivity index (χ2v) is 8.04. The lowest BCUT2D eigenvalue weighted by atomic mass is 9.96. The van der Waals surface area contributed by atoms with E-state index in [-0.39, 0.29) is 18.0 Å². The quantitative estimate of drug-likeness (QED) is 0.666. The molecule has 2 fully saturated rings. The van der Waals surface area contributed by atoms with E-state index < -0.39 is 0 Å². The number of ether oxygens (including phenoxy) is 1. The van der Waals surface area contributed by atoms with Gasteiger partial charge in [-0.15, -0.1) is 0 Å². The maximum atomic E-state index is 13.4. The van der Waals surface area contributed by atoms with Gasteiger partial charge in [0, 0.05) is 49.2 Å². The van der Waals surface area contributed by atoms with Crippen molar-refractivity contribution >= 4 is 22.8 Å². The Balaban J connectivity index is 1.41. The molecule has 0 radical (unpaired) electrons. The SMILES string of the molecule is Cn1cccc1-c1cccc2c(C(=O)N3CCC(N4CCOC4=O)CC3)cccc12. The summed E-state index contributed by atoms with van der Waals surface area (Å²) in [5.41, 5.74) is 2.99. The number of fused-ring (bicyclic) bond motifs is 1. The molecule has 0 spiro atoms. The number of likely N-dealkylation sites (tertiary alicyclic amines) is 1. The lowest BCUT2D eigenvalue weighted by Gasteiger charge is -2.35. The summed E-state index contributed by atoms with van der Waals surface area (Å²) in [6.07, 6.45) is 3.39. The van der Waals surface area contributed by atoms with Gasteiger partial charge in [0.25, 0.3) is 5.91 Å². The minimum atomic E-state index is -0.220. The summed E-state index contributed by atoms with van der Waals surface area (Å²) in [6.45, 7) is 2.43. The van der Waals surface area contributed by atoms with E-state index in [0.29, 0.717) is 26.2 Å². The molecule has 0 atom stereocenters. The molecule has 2 aromatic carbocycles. The van der Waals surface area contributed by atoms with Gasteiger partial charge in [-0.1, -0.05) is 30.3 Å². The first kappa shape index (κ1) is 18.7. The summed E-state index contributed by atoms with van der Waals surface area (Å²) in [4.78, 5) is 28.9. The molecule has 0 unspecified atom stereocenters. The van der Waals surface area contributed by atoms with E-state index in [1.807, 2.05) is 53.4 Å². The van der Waals surface area contributed by atoms with Crippen molar-refractivity contribution in [3.05, 3.63) is 60.3 Å². The zero-order valence-electron chi connectivity index (χ0n) is 17.1. The number of cyclic esters (lactones) is 1. The van der Waals surface area contributed by atoms with Gasteiger partial charge < -0.3 is 19.1 Å². The molecule has 0 saturated carbocycles. The van der Waals surface area contributed by atoms with Crippen molar-refractivity contribution in [2.45, 2.75) is 18.9 Å². The molecule has 0 bridgehead atoms. The van der Waals surface area contributed by atoms with Crippen molar-refractivity contribution in [2.75, 3.05) is 26.2 Å². The van der Waals surface area contributed by atoms with Crippen LogP contribution in [0.15, 0.2) is 54.7 Å². The van der Waals surface area contributed by atoms with Crippen LogP contribution in [0.1, 0.15) is 23.2 Å². The zero-order chi connectivity index (χ0) is 20.7. The lowest BCUT2D eigenvalue weighted by Crippen LogP contribution is -2.47. The van der Waals surface area contributed by atoms with Crippen LogP contribution in [0.5, 0.6) is 0 Å². The van der Waals surface area contributed by atoms with Crippen LogP contribution in [0.2, 0.25) is 0 Å². The third kappa shape index (κ3) is 3.12. The van der Waals surface area contributed by atoms with Crippen LogP contribution >= 0.6 is 0 Å². The first-order chi connectivity index (χ1) is 14.6. The zero-order valence-corrected chi connectivity index (χ0v) is 17.1. The van der Waals surface area contributed by atoms with Crippen molar-refractivity contribution < 1.29 is 14.3 Å². The fourth-order valence-corrected chi connectivity index (χ4v) is 4.75. The van der Waals surface area contributed by atoms with E-state index in [2.05, 4.69) is 22.8 Å². The van der Waals surface area contributed by atoms with E-state index in [9.17, 15) is 9.59 Å². The number of aromatic nitrogens is 1. The van der Waals surface area contributed by atoms with Crippen molar-refractivity contribution in [3.63, 3.8) is 0 Å². The van der Waals surface area contributed by atoms with Gasteiger partial charge in [0.15, 0.2) is 0 Å². The molecule has 30 heavy (non-hydrogen) atoms. The van der Waals surface area contributed by atoms with Crippen LogP contribution in [0.3, 0.4) is 0 Å². The third-order valence-electron chi connectivity index (χ3n) is 6.36. The minimum absolute atomic E-state index is 0.0621. The van der Waals surface area contributed by atoms with Crippen LogP contribution in [0.4, 0.5) is 4.79 Å². The van der Waals surface area contributed by atoms with Crippen molar-refractivity contribution in [1.29, 1.82) is 0 Å². The van der Waals surface area contributed by atoms with Gasteiger partial charge >= 0.3 is 6.09 Å². The minimum Gasteiger partial charge on any atom is -0.448 e. The van der Waals surface area contributed by atoms with E-state index in [4.69, 9.17) is 4.74 Å². The van der Waals surface area contributed by atoms with Crippen LogP contribution in [-0.4, -0.2) is 58.7 Å². The standard InChI is InChI=1S/C24H25N3O3/c1-25-12-4-9-22(25)20-7-2-6-19-18(20)5-3-8-21(19)23(28)26-13-10-17(11-14-26)27-15-16-30-24(27)29/h2-9,12,17H,10-11,13-16H2,1H3. The monoisotopic (exact) mass is 403 g/mol. The van der Waals surface area contributed by atoms with E-state index >= 15 is 0 Å². The number of hydrogen-bond donors (Lipinski definition) is 0. The molecular formula is C24H25N3O3. The Morgan fingerprint density at radius 1 is 0.967 bits per heavy atom. The highest BCUT2D eigenvalue weighted by molar-refractivity contribution is 6.10.